The highest BCUT2D eigenvalue weighted by atomic mass is 16.5. The summed E-state index contributed by atoms with van der Waals surface area (Å²) in [6, 6.07) is 23.3. The first kappa shape index (κ1) is 18.6. The number of phenols is 1. The van der Waals surface area contributed by atoms with E-state index >= 15 is 0 Å². The number of hydrogen-bond donors (Lipinski definition) is 2. The van der Waals surface area contributed by atoms with Crippen molar-refractivity contribution in [2.45, 2.75) is 13.3 Å². The van der Waals surface area contributed by atoms with Gasteiger partial charge in [0.25, 0.3) is 0 Å². The molecule has 1 aromatic heterocycles. The van der Waals surface area contributed by atoms with E-state index in [1.54, 1.807) is 18.3 Å². The van der Waals surface area contributed by atoms with E-state index in [9.17, 15) is 5.11 Å². The summed E-state index contributed by atoms with van der Waals surface area (Å²) in [6.07, 6.45) is 2.51. The van der Waals surface area contributed by atoms with E-state index in [0.29, 0.717) is 35.1 Å². The van der Waals surface area contributed by atoms with Gasteiger partial charge in [0, 0.05) is 11.6 Å². The Kier molecular flexibility index (Phi) is 5.47. The van der Waals surface area contributed by atoms with E-state index in [-0.39, 0.29) is 5.75 Å². The summed E-state index contributed by atoms with van der Waals surface area (Å²) in [7, 11) is 0. The summed E-state index contributed by atoms with van der Waals surface area (Å²) in [5.74, 6) is 1.96. The Morgan fingerprint density at radius 2 is 1.62 bits per heavy atom. The average Bonchev–Trinajstić information content (AvgIpc) is 3.21. The fourth-order valence-electron chi connectivity index (χ4n) is 3.05. The minimum Gasteiger partial charge on any atom is -0.507 e. The lowest BCUT2D eigenvalue weighted by atomic mass is 10.1. The summed E-state index contributed by atoms with van der Waals surface area (Å²) in [6.45, 7) is 2.64. The summed E-state index contributed by atoms with van der Waals surface area (Å²) in [5.41, 5.74) is 3.47. The molecule has 146 valence electrons. The minimum absolute atomic E-state index is 0.104. The van der Waals surface area contributed by atoms with Crippen LogP contribution in [0.1, 0.15) is 13.3 Å². The van der Waals surface area contributed by atoms with Gasteiger partial charge in [0.05, 0.1) is 12.8 Å². The molecule has 1 heterocycles. The molecule has 3 aromatic carbocycles. The van der Waals surface area contributed by atoms with Crippen LogP contribution in [-0.4, -0.2) is 21.9 Å². The molecule has 0 saturated heterocycles. The van der Waals surface area contributed by atoms with Crippen LogP contribution in [-0.2, 0) is 0 Å². The van der Waals surface area contributed by atoms with E-state index < -0.39 is 0 Å². The summed E-state index contributed by atoms with van der Waals surface area (Å²) in [5, 5.41) is 17.4. The van der Waals surface area contributed by atoms with Crippen molar-refractivity contribution in [2.75, 3.05) is 6.61 Å². The van der Waals surface area contributed by atoms with Crippen LogP contribution in [0.15, 0.2) is 79.0 Å². The summed E-state index contributed by atoms with van der Waals surface area (Å²) < 4.78 is 11.6. The molecule has 5 heteroatoms. The molecule has 0 unspecified atom stereocenters. The molecule has 0 aliphatic carbocycles. The second-order valence-electron chi connectivity index (χ2n) is 6.63. The maximum atomic E-state index is 10.4. The number of nitrogens with one attached hydrogen (secondary N) is 1. The van der Waals surface area contributed by atoms with E-state index in [4.69, 9.17) is 9.47 Å². The van der Waals surface area contributed by atoms with Gasteiger partial charge in [-0.05, 0) is 41.8 Å². The molecule has 0 spiro atoms. The number of aromatic hydroxyl groups is 1. The van der Waals surface area contributed by atoms with Gasteiger partial charge >= 0.3 is 0 Å². The molecule has 0 aliphatic rings. The summed E-state index contributed by atoms with van der Waals surface area (Å²) in [4.78, 5) is 0. The topological polar surface area (TPSA) is 67.4 Å². The average molecular weight is 386 g/mol. The van der Waals surface area contributed by atoms with Crippen molar-refractivity contribution < 1.29 is 14.6 Å². The van der Waals surface area contributed by atoms with Crippen molar-refractivity contribution in [3.8, 4) is 45.4 Å². The van der Waals surface area contributed by atoms with Crippen molar-refractivity contribution in [3.63, 3.8) is 0 Å². The van der Waals surface area contributed by atoms with Crippen LogP contribution in [0.25, 0.3) is 22.4 Å². The third-order valence-corrected chi connectivity index (χ3v) is 4.51. The minimum atomic E-state index is 0.104. The highest BCUT2D eigenvalue weighted by molar-refractivity contribution is 5.73. The van der Waals surface area contributed by atoms with Gasteiger partial charge in [0.15, 0.2) is 5.75 Å². The SMILES string of the molecule is CCCOc1ccc(-c2[nH]ncc2Oc2ccc(-c3ccccc3)cc2)c(O)c1. The van der Waals surface area contributed by atoms with Gasteiger partial charge < -0.3 is 14.6 Å². The molecule has 2 N–H and O–H groups in total. The predicted octanol–water partition coefficient (Wildman–Crippen LogP) is 6.03. The Bertz CT molecular complexity index is 1070. The first-order valence-electron chi connectivity index (χ1n) is 9.57. The zero-order chi connectivity index (χ0) is 20.1. The molecule has 29 heavy (non-hydrogen) atoms. The number of benzene rings is 3. The van der Waals surface area contributed by atoms with Crippen LogP contribution in [0.3, 0.4) is 0 Å². The number of H-pyrrole nitrogens is 1. The van der Waals surface area contributed by atoms with E-state index in [1.807, 2.05) is 55.5 Å². The first-order chi connectivity index (χ1) is 14.2. The Morgan fingerprint density at radius 1 is 0.897 bits per heavy atom. The fourth-order valence-corrected chi connectivity index (χ4v) is 3.05. The Hall–Kier alpha value is -3.73. The maximum absolute atomic E-state index is 10.4. The highest BCUT2D eigenvalue weighted by Gasteiger charge is 2.15. The largest absolute Gasteiger partial charge is 0.507 e. The van der Waals surface area contributed by atoms with Crippen molar-refractivity contribution >= 4 is 0 Å². The third-order valence-electron chi connectivity index (χ3n) is 4.51. The molecule has 0 amide bonds. The Balaban J connectivity index is 1.54. The van der Waals surface area contributed by atoms with Gasteiger partial charge in [-0.1, -0.05) is 49.4 Å². The van der Waals surface area contributed by atoms with Gasteiger partial charge in [-0.15, -0.1) is 0 Å². The standard InChI is InChI=1S/C24H22N2O3/c1-2-14-28-20-12-13-21(22(27)15-20)24-23(16-25-26-24)29-19-10-8-18(9-11-19)17-6-4-3-5-7-17/h3-13,15-16,27H,2,14H2,1H3,(H,25,26). The number of hydrogen-bond acceptors (Lipinski definition) is 4. The normalized spacial score (nSPS) is 10.7. The number of phenolic OH excluding ortho intramolecular Hbond substituents is 1. The molecular formula is C24H22N2O3. The van der Waals surface area contributed by atoms with Gasteiger partial charge in [-0.3, -0.25) is 5.10 Å². The van der Waals surface area contributed by atoms with Crippen LogP contribution in [0.5, 0.6) is 23.0 Å². The molecular weight excluding hydrogens is 364 g/mol. The van der Waals surface area contributed by atoms with Crippen molar-refractivity contribution in [3.05, 3.63) is 79.0 Å². The molecule has 0 fully saturated rings. The molecule has 0 aliphatic heterocycles. The Labute approximate surface area is 169 Å². The van der Waals surface area contributed by atoms with Gasteiger partial charge in [-0.25, -0.2) is 0 Å². The molecule has 4 aromatic rings. The van der Waals surface area contributed by atoms with Gasteiger partial charge in [0.2, 0.25) is 0 Å². The van der Waals surface area contributed by atoms with Crippen LogP contribution in [0, 0.1) is 0 Å². The van der Waals surface area contributed by atoms with Gasteiger partial charge in [0.1, 0.15) is 22.9 Å². The molecule has 4 rings (SSSR count). The zero-order valence-electron chi connectivity index (χ0n) is 16.1. The lowest BCUT2D eigenvalue weighted by Crippen LogP contribution is -1.95. The van der Waals surface area contributed by atoms with Crippen molar-refractivity contribution in [1.29, 1.82) is 0 Å². The number of aromatic amines is 1. The van der Waals surface area contributed by atoms with Crippen LogP contribution < -0.4 is 9.47 Å². The van der Waals surface area contributed by atoms with Crippen LogP contribution in [0.2, 0.25) is 0 Å². The molecule has 0 atom stereocenters. The smallest absolute Gasteiger partial charge is 0.173 e. The quantitative estimate of drug-likeness (QED) is 0.407. The fraction of sp³-hybridized carbons (Fsp3) is 0.125. The van der Waals surface area contributed by atoms with E-state index in [1.165, 1.54) is 0 Å². The number of aromatic nitrogens is 2. The number of nitrogens with zero attached hydrogens (tertiary/aromatic N) is 1. The van der Waals surface area contributed by atoms with E-state index in [2.05, 4.69) is 22.3 Å². The Morgan fingerprint density at radius 3 is 2.34 bits per heavy atom. The van der Waals surface area contributed by atoms with Crippen LogP contribution >= 0.6 is 0 Å². The summed E-state index contributed by atoms with van der Waals surface area (Å²) >= 11 is 0. The predicted molar refractivity (Wildman–Crippen MR) is 113 cm³/mol. The van der Waals surface area contributed by atoms with Crippen molar-refractivity contribution in [1.82, 2.24) is 10.2 Å². The van der Waals surface area contributed by atoms with Gasteiger partial charge in [-0.2, -0.15) is 5.10 Å². The lowest BCUT2D eigenvalue weighted by Gasteiger charge is -2.10. The monoisotopic (exact) mass is 386 g/mol. The molecule has 0 radical (unpaired) electrons. The van der Waals surface area contributed by atoms with Crippen LogP contribution in [0.4, 0.5) is 0 Å². The molecule has 0 bridgehead atoms. The lowest BCUT2D eigenvalue weighted by molar-refractivity contribution is 0.315. The third kappa shape index (κ3) is 4.24. The zero-order valence-corrected chi connectivity index (χ0v) is 16.1. The molecule has 0 saturated carbocycles. The van der Waals surface area contributed by atoms with E-state index in [0.717, 1.165) is 17.5 Å². The second-order valence-corrected chi connectivity index (χ2v) is 6.63. The number of rotatable bonds is 7. The molecule has 5 nitrogen and oxygen atoms in total. The number of ether oxygens (including phenoxy) is 2. The highest BCUT2D eigenvalue weighted by Crippen LogP contribution is 2.38. The first-order valence-corrected chi connectivity index (χ1v) is 9.57. The maximum Gasteiger partial charge on any atom is 0.173 e. The second kappa shape index (κ2) is 8.52. The van der Waals surface area contributed by atoms with Crippen molar-refractivity contribution in [2.24, 2.45) is 0 Å².